The minimum absolute atomic E-state index is 0.355. The van der Waals surface area contributed by atoms with E-state index in [9.17, 15) is 0 Å². The van der Waals surface area contributed by atoms with Gasteiger partial charge in [-0.1, -0.05) is 82.1 Å². The molecule has 0 aliphatic carbocycles. The molecule has 0 aromatic carbocycles. The largest absolute Gasteiger partial charge is 0.467 e. The fraction of sp³-hybridized carbons (Fsp3) is 1.00. The van der Waals surface area contributed by atoms with Gasteiger partial charge in [-0.05, 0) is 47.3 Å². The predicted molar refractivity (Wildman–Crippen MR) is 140 cm³/mol. The van der Waals surface area contributed by atoms with Crippen molar-refractivity contribution in [3.8, 4) is 0 Å². The van der Waals surface area contributed by atoms with Gasteiger partial charge in [0, 0.05) is 6.55 Å². The summed E-state index contributed by atoms with van der Waals surface area (Å²) in [6, 6.07) is 0. The molecule has 0 saturated carbocycles. The molecule has 0 aliphatic heterocycles. The van der Waals surface area contributed by atoms with Gasteiger partial charge in [-0.2, -0.15) is 0 Å². The summed E-state index contributed by atoms with van der Waals surface area (Å²) in [6.45, 7) is 31.7. The summed E-state index contributed by atoms with van der Waals surface area (Å²) < 4.78 is 21.2. The molecule has 0 aromatic heterocycles. The van der Waals surface area contributed by atoms with Gasteiger partial charge in [-0.25, -0.2) is 0 Å². The highest BCUT2D eigenvalue weighted by Crippen LogP contribution is 2.48. The minimum atomic E-state index is -2.95. The van der Waals surface area contributed by atoms with Crippen LogP contribution in [0.3, 0.4) is 0 Å². The van der Waals surface area contributed by atoms with E-state index in [-0.39, 0.29) is 0 Å². The average molecular weight is 499 g/mol. The molecule has 29 heavy (non-hydrogen) atoms. The lowest BCUT2D eigenvalue weighted by Gasteiger charge is -2.50. The van der Waals surface area contributed by atoms with Crippen LogP contribution in [0.1, 0.15) is 82.1 Å². The maximum atomic E-state index is 7.44. The molecule has 8 heteroatoms. The molecule has 0 rings (SSSR count). The van der Waals surface area contributed by atoms with Crippen LogP contribution in [0.5, 0.6) is 0 Å². The third-order valence-electron chi connectivity index (χ3n) is 6.47. The quantitative estimate of drug-likeness (QED) is 0.187. The van der Waals surface area contributed by atoms with E-state index in [1.165, 1.54) is 0 Å². The summed E-state index contributed by atoms with van der Waals surface area (Å²) in [5.74, 6) is 0. The highest BCUT2D eigenvalue weighted by atomic mass is 35.6. The van der Waals surface area contributed by atoms with Crippen LogP contribution in [0.4, 0.5) is 0 Å². The molecule has 0 N–H and O–H groups in total. The van der Waals surface area contributed by atoms with Crippen LogP contribution in [-0.2, 0) is 12.3 Å². The van der Waals surface area contributed by atoms with Crippen molar-refractivity contribution in [3.63, 3.8) is 0 Å². The molecule has 0 aromatic rings. The third-order valence-corrected chi connectivity index (χ3v) is 27.9. The Labute approximate surface area is 192 Å². The van der Waals surface area contributed by atoms with Gasteiger partial charge in [-0.15, -0.1) is 11.1 Å². The Morgan fingerprint density at radius 3 is 1.21 bits per heavy atom. The SMILES string of the molecule is CCC(C)[Si](Cl)(O[Si](C)(O[Si](C)(C)C)O[Si](C(C)C)(C(C)C)C(C)C)C(C)CC. The molecule has 3 nitrogen and oxygen atoms in total. The van der Waals surface area contributed by atoms with Crippen molar-refractivity contribution in [1.82, 2.24) is 0 Å². The lowest BCUT2D eigenvalue weighted by atomic mass is 10.4. The fourth-order valence-electron chi connectivity index (χ4n) is 4.82. The fourth-order valence-corrected chi connectivity index (χ4v) is 28.4. The van der Waals surface area contributed by atoms with Crippen molar-refractivity contribution < 1.29 is 12.3 Å². The van der Waals surface area contributed by atoms with E-state index in [4.69, 9.17) is 23.4 Å². The second-order valence-corrected chi connectivity index (χ2v) is 29.6. The van der Waals surface area contributed by atoms with E-state index in [0.29, 0.717) is 27.7 Å². The second kappa shape index (κ2) is 11.3. The minimum Gasteiger partial charge on any atom is -0.417 e. The number of hydrogen-bond donors (Lipinski definition) is 0. The van der Waals surface area contributed by atoms with Crippen LogP contribution in [0, 0.1) is 0 Å². The molecular formula is C21H51ClO3Si4. The first-order valence-electron chi connectivity index (χ1n) is 11.7. The zero-order chi connectivity index (χ0) is 23.4. The van der Waals surface area contributed by atoms with Crippen molar-refractivity contribution in [2.75, 3.05) is 0 Å². The molecule has 0 saturated heterocycles. The normalized spacial score (nSPS) is 20.1. The van der Waals surface area contributed by atoms with E-state index in [0.717, 1.165) is 12.8 Å². The summed E-state index contributed by atoms with van der Waals surface area (Å²) in [7, 11) is -9.56. The second-order valence-electron chi connectivity index (χ2n) is 10.9. The lowest BCUT2D eigenvalue weighted by molar-refractivity contribution is 0.244. The highest BCUT2D eigenvalue weighted by Gasteiger charge is 2.58. The van der Waals surface area contributed by atoms with E-state index in [1.54, 1.807) is 0 Å². The molecule has 3 atom stereocenters. The third kappa shape index (κ3) is 7.55. The maximum absolute atomic E-state index is 7.44. The van der Waals surface area contributed by atoms with Crippen molar-refractivity contribution in [2.24, 2.45) is 0 Å². The number of rotatable bonds is 13. The topological polar surface area (TPSA) is 27.7 Å². The molecule has 0 aliphatic rings. The summed E-state index contributed by atoms with van der Waals surface area (Å²) in [4.78, 5) is 0. The molecule has 0 fully saturated rings. The molecule has 0 amide bonds. The van der Waals surface area contributed by atoms with Crippen LogP contribution in [0.15, 0.2) is 0 Å². The summed E-state index contributed by atoms with van der Waals surface area (Å²) in [5.41, 5.74) is 2.17. The van der Waals surface area contributed by atoms with Gasteiger partial charge in [0.05, 0.1) is 0 Å². The van der Waals surface area contributed by atoms with Crippen LogP contribution in [-0.4, -0.2) is 33.1 Å². The van der Waals surface area contributed by atoms with Crippen LogP contribution in [0.2, 0.25) is 53.9 Å². The van der Waals surface area contributed by atoms with Crippen molar-refractivity contribution >= 4 is 44.1 Å². The molecule has 0 bridgehead atoms. The molecule has 3 unspecified atom stereocenters. The Hall–Kier alpha value is 1.04. The number of hydrogen-bond acceptors (Lipinski definition) is 3. The standard InChI is InChI=1S/C21H51ClO3Si4/c1-15-20(9)29(22,21(10)16-2)25-27(14,23-26(11,12)13)24-28(17(3)4,18(5)6)19(7)8/h17-21H,15-16H2,1-14H3. The zero-order valence-electron chi connectivity index (χ0n) is 21.9. The van der Waals surface area contributed by atoms with Crippen molar-refractivity contribution in [1.29, 1.82) is 0 Å². The van der Waals surface area contributed by atoms with Gasteiger partial charge in [0.15, 0.2) is 16.6 Å². The molecule has 0 radical (unpaired) electrons. The van der Waals surface area contributed by atoms with E-state index in [2.05, 4.69) is 95.4 Å². The number of halogens is 1. The van der Waals surface area contributed by atoms with Crippen LogP contribution in [0.25, 0.3) is 0 Å². The predicted octanol–water partition coefficient (Wildman–Crippen LogP) is 8.90. The monoisotopic (exact) mass is 498 g/mol. The van der Waals surface area contributed by atoms with Gasteiger partial charge in [0.1, 0.15) is 0 Å². The van der Waals surface area contributed by atoms with Crippen LogP contribution < -0.4 is 0 Å². The van der Waals surface area contributed by atoms with E-state index in [1.807, 2.05) is 0 Å². The summed E-state index contributed by atoms with van der Waals surface area (Å²) >= 11 is 7.44. The Balaban J connectivity index is 6.45. The first-order valence-corrected chi connectivity index (χ1v) is 22.6. The zero-order valence-corrected chi connectivity index (χ0v) is 26.7. The van der Waals surface area contributed by atoms with Gasteiger partial charge in [-0.3, -0.25) is 0 Å². The molecule has 0 spiro atoms. The van der Waals surface area contributed by atoms with E-state index >= 15 is 0 Å². The molecule has 176 valence electrons. The Kier molecular flexibility index (Phi) is 11.7. The lowest BCUT2D eigenvalue weighted by Crippen LogP contribution is -2.64. The first-order chi connectivity index (χ1) is 12.9. The van der Waals surface area contributed by atoms with Gasteiger partial charge in [0.2, 0.25) is 0 Å². The summed E-state index contributed by atoms with van der Waals surface area (Å²) in [6.07, 6.45) is 2.05. The highest BCUT2D eigenvalue weighted by molar-refractivity contribution is 7.20. The first kappa shape index (κ1) is 30.0. The van der Waals surface area contributed by atoms with Crippen molar-refractivity contribution in [3.05, 3.63) is 0 Å². The van der Waals surface area contributed by atoms with E-state index < -0.39 is 33.1 Å². The maximum Gasteiger partial charge on any atom is 0.467 e. The summed E-state index contributed by atoms with van der Waals surface area (Å²) in [5, 5.41) is 0. The van der Waals surface area contributed by atoms with Crippen LogP contribution >= 0.6 is 11.1 Å². The average Bonchev–Trinajstić information content (AvgIpc) is 2.55. The smallest absolute Gasteiger partial charge is 0.417 e. The van der Waals surface area contributed by atoms with Crippen molar-refractivity contribution in [2.45, 2.75) is 136 Å². The molecule has 0 heterocycles. The van der Waals surface area contributed by atoms with Gasteiger partial charge in [0.25, 0.3) is 7.63 Å². The van der Waals surface area contributed by atoms with Gasteiger partial charge >= 0.3 is 8.80 Å². The Morgan fingerprint density at radius 2 is 0.966 bits per heavy atom. The van der Waals surface area contributed by atoms with Gasteiger partial charge < -0.3 is 12.3 Å². The Morgan fingerprint density at radius 1 is 0.621 bits per heavy atom. The molecular weight excluding hydrogens is 448 g/mol. The Bertz CT molecular complexity index is 465.